The molecule has 1 N–H and O–H groups in total. The third-order valence-corrected chi connectivity index (χ3v) is 4.02. The molecule has 0 amide bonds. The Hall–Kier alpha value is -0.830. The Morgan fingerprint density at radius 2 is 2.37 bits per heavy atom. The summed E-state index contributed by atoms with van der Waals surface area (Å²) in [7, 11) is 1.69. The fourth-order valence-corrected chi connectivity index (χ4v) is 2.96. The zero-order chi connectivity index (χ0) is 13.7. The number of nitrogens with one attached hydrogen (secondary N) is 1. The van der Waals surface area contributed by atoms with Gasteiger partial charge in [-0.3, -0.25) is 4.68 Å². The SMILES string of the molecule is CCNC(c1cnns1)c1c(Br)cnn1CCOC. The molecule has 19 heavy (non-hydrogen) atoms. The van der Waals surface area contributed by atoms with Gasteiger partial charge in [0.1, 0.15) is 0 Å². The Kier molecular flexibility index (Phi) is 5.44. The van der Waals surface area contributed by atoms with E-state index in [-0.39, 0.29) is 6.04 Å². The topological polar surface area (TPSA) is 64.9 Å². The molecule has 2 aromatic heterocycles. The fourth-order valence-electron chi connectivity index (χ4n) is 1.85. The molecule has 0 aliphatic carbocycles. The van der Waals surface area contributed by atoms with E-state index in [4.69, 9.17) is 4.74 Å². The molecule has 2 heterocycles. The second kappa shape index (κ2) is 7.09. The van der Waals surface area contributed by atoms with Gasteiger partial charge in [-0.15, -0.1) is 5.10 Å². The first kappa shape index (κ1) is 14.6. The largest absolute Gasteiger partial charge is 0.383 e. The van der Waals surface area contributed by atoms with E-state index in [9.17, 15) is 0 Å². The van der Waals surface area contributed by atoms with Crippen molar-refractivity contribution in [3.63, 3.8) is 0 Å². The number of rotatable bonds is 7. The second-order valence-electron chi connectivity index (χ2n) is 3.90. The van der Waals surface area contributed by atoms with Crippen LogP contribution in [-0.4, -0.2) is 39.6 Å². The first-order chi connectivity index (χ1) is 9.27. The van der Waals surface area contributed by atoms with Crippen molar-refractivity contribution in [2.45, 2.75) is 19.5 Å². The molecule has 0 saturated heterocycles. The monoisotopic (exact) mass is 345 g/mol. The van der Waals surface area contributed by atoms with Crippen LogP contribution >= 0.6 is 27.5 Å². The predicted octanol–water partition coefficient (Wildman–Crippen LogP) is 1.84. The number of nitrogens with zero attached hydrogens (tertiary/aromatic N) is 4. The van der Waals surface area contributed by atoms with Gasteiger partial charge in [-0.2, -0.15) is 5.10 Å². The first-order valence-electron chi connectivity index (χ1n) is 5.98. The van der Waals surface area contributed by atoms with Crippen LogP contribution in [0.4, 0.5) is 0 Å². The Bertz CT molecular complexity index is 501. The Labute approximate surface area is 124 Å². The van der Waals surface area contributed by atoms with E-state index in [0.29, 0.717) is 13.2 Å². The van der Waals surface area contributed by atoms with Crippen molar-refractivity contribution in [2.75, 3.05) is 20.3 Å². The molecule has 8 heteroatoms. The molecule has 0 aromatic carbocycles. The summed E-state index contributed by atoms with van der Waals surface area (Å²) in [5.41, 5.74) is 1.07. The zero-order valence-electron chi connectivity index (χ0n) is 10.8. The molecule has 0 aliphatic heterocycles. The maximum atomic E-state index is 5.12. The summed E-state index contributed by atoms with van der Waals surface area (Å²) in [6.07, 6.45) is 3.60. The van der Waals surface area contributed by atoms with Crippen LogP contribution in [0.15, 0.2) is 16.9 Å². The van der Waals surface area contributed by atoms with Crippen molar-refractivity contribution in [2.24, 2.45) is 0 Å². The van der Waals surface area contributed by atoms with E-state index < -0.39 is 0 Å². The van der Waals surface area contributed by atoms with Gasteiger partial charge in [0.05, 0.1) is 46.6 Å². The lowest BCUT2D eigenvalue weighted by Gasteiger charge is -2.18. The quantitative estimate of drug-likeness (QED) is 0.829. The molecule has 0 radical (unpaired) electrons. The van der Waals surface area contributed by atoms with Crippen molar-refractivity contribution in [1.82, 2.24) is 24.7 Å². The third kappa shape index (κ3) is 3.38. The number of hydrogen-bond acceptors (Lipinski definition) is 6. The highest BCUT2D eigenvalue weighted by Gasteiger charge is 2.22. The molecular weight excluding hydrogens is 330 g/mol. The van der Waals surface area contributed by atoms with Gasteiger partial charge in [-0.25, -0.2) is 0 Å². The highest BCUT2D eigenvalue weighted by Crippen LogP contribution is 2.29. The Balaban J connectivity index is 2.33. The summed E-state index contributed by atoms with van der Waals surface area (Å²) in [4.78, 5) is 1.07. The molecule has 1 atom stereocenters. The summed E-state index contributed by atoms with van der Waals surface area (Å²) in [6.45, 7) is 4.27. The highest BCUT2D eigenvalue weighted by atomic mass is 79.9. The van der Waals surface area contributed by atoms with Gasteiger partial charge in [0.2, 0.25) is 0 Å². The number of methoxy groups -OCH3 is 1. The Morgan fingerprint density at radius 1 is 1.53 bits per heavy atom. The van der Waals surface area contributed by atoms with Crippen molar-refractivity contribution < 1.29 is 4.74 Å². The highest BCUT2D eigenvalue weighted by molar-refractivity contribution is 9.10. The molecule has 6 nitrogen and oxygen atoms in total. The van der Waals surface area contributed by atoms with Crippen molar-refractivity contribution >= 4 is 27.5 Å². The molecule has 0 spiro atoms. The smallest absolute Gasteiger partial charge is 0.0885 e. The van der Waals surface area contributed by atoms with Crippen molar-refractivity contribution in [3.05, 3.63) is 27.4 Å². The van der Waals surface area contributed by atoms with E-state index in [1.807, 2.05) is 10.9 Å². The van der Waals surface area contributed by atoms with E-state index in [1.165, 1.54) is 11.5 Å². The Morgan fingerprint density at radius 3 is 3.00 bits per heavy atom. The summed E-state index contributed by atoms with van der Waals surface area (Å²) in [6, 6.07) is 0.0405. The molecular formula is C11H16BrN5OS. The molecule has 2 aromatic rings. The van der Waals surface area contributed by atoms with Gasteiger partial charge in [-0.1, -0.05) is 11.4 Å². The van der Waals surface area contributed by atoms with E-state index >= 15 is 0 Å². The van der Waals surface area contributed by atoms with Crippen molar-refractivity contribution in [1.29, 1.82) is 0 Å². The van der Waals surface area contributed by atoms with Crippen LogP contribution in [0.5, 0.6) is 0 Å². The maximum absolute atomic E-state index is 5.12. The van der Waals surface area contributed by atoms with Gasteiger partial charge in [0, 0.05) is 7.11 Å². The van der Waals surface area contributed by atoms with E-state index in [2.05, 4.69) is 42.9 Å². The molecule has 104 valence electrons. The summed E-state index contributed by atoms with van der Waals surface area (Å²) in [5, 5.41) is 11.7. The van der Waals surface area contributed by atoms with Crippen LogP contribution in [-0.2, 0) is 11.3 Å². The average Bonchev–Trinajstić information content (AvgIpc) is 3.04. The third-order valence-electron chi connectivity index (χ3n) is 2.69. The van der Waals surface area contributed by atoms with Crippen LogP contribution in [0.3, 0.4) is 0 Å². The molecule has 2 rings (SSSR count). The number of aromatic nitrogens is 4. The first-order valence-corrected chi connectivity index (χ1v) is 7.55. The van der Waals surface area contributed by atoms with Crippen LogP contribution in [0, 0.1) is 0 Å². The van der Waals surface area contributed by atoms with Gasteiger partial charge in [0.15, 0.2) is 0 Å². The van der Waals surface area contributed by atoms with Crippen LogP contribution in [0.2, 0.25) is 0 Å². The lowest BCUT2D eigenvalue weighted by Crippen LogP contribution is -2.25. The van der Waals surface area contributed by atoms with Gasteiger partial charge < -0.3 is 10.1 Å². The van der Waals surface area contributed by atoms with E-state index in [1.54, 1.807) is 13.3 Å². The summed E-state index contributed by atoms with van der Waals surface area (Å²) in [5.74, 6) is 0. The maximum Gasteiger partial charge on any atom is 0.0885 e. The van der Waals surface area contributed by atoms with Gasteiger partial charge in [-0.05, 0) is 34.0 Å². The molecule has 0 fully saturated rings. The van der Waals surface area contributed by atoms with Crippen LogP contribution < -0.4 is 5.32 Å². The minimum atomic E-state index is 0.0405. The van der Waals surface area contributed by atoms with Gasteiger partial charge >= 0.3 is 0 Å². The minimum Gasteiger partial charge on any atom is -0.383 e. The molecule has 1 unspecified atom stereocenters. The molecule has 0 bridgehead atoms. The molecule has 0 aliphatic rings. The van der Waals surface area contributed by atoms with Gasteiger partial charge in [0.25, 0.3) is 0 Å². The standard InChI is InChI=1S/C11H16BrN5OS/c1-3-13-10(9-7-14-16-19-9)11-8(12)6-15-17(11)4-5-18-2/h6-7,10,13H,3-5H2,1-2H3. The number of halogens is 1. The summed E-state index contributed by atoms with van der Waals surface area (Å²) < 4.78 is 12.0. The van der Waals surface area contributed by atoms with E-state index in [0.717, 1.165) is 21.6 Å². The van der Waals surface area contributed by atoms with Crippen LogP contribution in [0.25, 0.3) is 0 Å². The lowest BCUT2D eigenvalue weighted by molar-refractivity contribution is 0.182. The predicted molar refractivity (Wildman–Crippen MR) is 77.2 cm³/mol. The number of ether oxygens (including phenoxy) is 1. The van der Waals surface area contributed by atoms with Crippen LogP contribution in [0.1, 0.15) is 23.5 Å². The second-order valence-corrected chi connectivity index (χ2v) is 5.58. The summed E-state index contributed by atoms with van der Waals surface area (Å²) >= 11 is 4.96. The number of hydrogen-bond donors (Lipinski definition) is 1. The normalized spacial score (nSPS) is 12.8. The fraction of sp³-hybridized carbons (Fsp3) is 0.545. The average molecular weight is 346 g/mol. The van der Waals surface area contributed by atoms with Crippen molar-refractivity contribution in [3.8, 4) is 0 Å². The minimum absolute atomic E-state index is 0.0405. The molecule has 0 saturated carbocycles. The zero-order valence-corrected chi connectivity index (χ0v) is 13.2. The lowest BCUT2D eigenvalue weighted by atomic mass is 10.2.